The number of likely N-dealkylation sites (tertiary alicyclic amines) is 1. The Balaban J connectivity index is 2.23. The first-order valence-corrected chi connectivity index (χ1v) is 7.47. The van der Waals surface area contributed by atoms with Gasteiger partial charge in [-0.25, -0.2) is 0 Å². The smallest absolute Gasteiger partial charge is 0.00819 e. The zero-order valence-corrected chi connectivity index (χ0v) is 12.5. The van der Waals surface area contributed by atoms with Crippen LogP contribution in [0.2, 0.25) is 0 Å². The molecule has 1 fully saturated rings. The molecule has 0 aromatic rings. The maximum atomic E-state index is 3.55. The molecule has 0 aromatic carbocycles. The lowest BCUT2D eigenvalue weighted by Gasteiger charge is -2.41. The van der Waals surface area contributed by atoms with Gasteiger partial charge in [0.25, 0.3) is 0 Å². The fourth-order valence-electron chi connectivity index (χ4n) is 2.80. The molecule has 0 amide bonds. The van der Waals surface area contributed by atoms with E-state index in [1.54, 1.807) is 0 Å². The van der Waals surface area contributed by atoms with Crippen molar-refractivity contribution in [3.63, 3.8) is 0 Å². The van der Waals surface area contributed by atoms with Gasteiger partial charge in [-0.3, -0.25) is 4.90 Å². The van der Waals surface area contributed by atoms with E-state index in [1.807, 2.05) is 0 Å². The highest BCUT2D eigenvalue weighted by molar-refractivity contribution is 4.81. The van der Waals surface area contributed by atoms with E-state index in [0.29, 0.717) is 0 Å². The molecule has 0 aliphatic carbocycles. The third-order valence-corrected chi connectivity index (χ3v) is 4.02. The molecule has 2 heteroatoms. The fraction of sp³-hybridized carbons (Fsp3) is 1.00. The molecule has 1 aliphatic heterocycles. The molecule has 1 rings (SSSR count). The molecule has 1 saturated heterocycles. The first-order valence-electron chi connectivity index (χ1n) is 7.47. The van der Waals surface area contributed by atoms with Crippen molar-refractivity contribution >= 4 is 0 Å². The minimum Gasteiger partial charge on any atom is -0.316 e. The van der Waals surface area contributed by atoms with Crippen LogP contribution in [0.4, 0.5) is 0 Å². The fourth-order valence-corrected chi connectivity index (χ4v) is 2.80. The van der Waals surface area contributed by atoms with Gasteiger partial charge in [-0.15, -0.1) is 0 Å². The quantitative estimate of drug-likeness (QED) is 0.718. The van der Waals surface area contributed by atoms with Crippen LogP contribution in [-0.4, -0.2) is 36.6 Å². The van der Waals surface area contributed by atoms with Crippen molar-refractivity contribution < 1.29 is 0 Å². The summed E-state index contributed by atoms with van der Waals surface area (Å²) in [6.45, 7) is 15.3. The minimum absolute atomic E-state index is 0.729. The zero-order chi connectivity index (χ0) is 12.8. The van der Waals surface area contributed by atoms with Gasteiger partial charge in [-0.2, -0.15) is 0 Å². The monoisotopic (exact) mass is 240 g/mol. The van der Waals surface area contributed by atoms with E-state index in [9.17, 15) is 0 Å². The van der Waals surface area contributed by atoms with Crippen LogP contribution in [0, 0.1) is 11.8 Å². The van der Waals surface area contributed by atoms with Crippen LogP contribution >= 0.6 is 0 Å². The predicted octanol–water partition coefficient (Wildman–Crippen LogP) is 3.13. The summed E-state index contributed by atoms with van der Waals surface area (Å²) in [4.78, 5) is 2.71. The van der Waals surface area contributed by atoms with Gasteiger partial charge in [0.05, 0.1) is 0 Å². The maximum absolute atomic E-state index is 3.55. The molecule has 2 nitrogen and oxygen atoms in total. The molecule has 1 heterocycles. The lowest BCUT2D eigenvalue weighted by atomic mass is 9.93. The van der Waals surface area contributed by atoms with Crippen LogP contribution in [0.3, 0.4) is 0 Å². The van der Waals surface area contributed by atoms with E-state index in [1.165, 1.54) is 25.8 Å². The average molecular weight is 240 g/mol. The van der Waals surface area contributed by atoms with Crippen molar-refractivity contribution in [2.75, 3.05) is 19.6 Å². The van der Waals surface area contributed by atoms with Crippen LogP contribution in [0.15, 0.2) is 0 Å². The molecule has 1 aliphatic rings. The van der Waals surface area contributed by atoms with Crippen LogP contribution in [0.25, 0.3) is 0 Å². The zero-order valence-electron chi connectivity index (χ0n) is 12.5. The summed E-state index contributed by atoms with van der Waals surface area (Å²) in [5, 5.41) is 3.55. The molecule has 0 aromatic heterocycles. The highest BCUT2D eigenvalue weighted by atomic mass is 15.2. The molecular formula is C15H32N2. The molecule has 17 heavy (non-hydrogen) atoms. The van der Waals surface area contributed by atoms with E-state index in [-0.39, 0.29) is 0 Å². The van der Waals surface area contributed by atoms with Crippen LogP contribution in [0.1, 0.15) is 53.9 Å². The van der Waals surface area contributed by atoms with Gasteiger partial charge in [0, 0.05) is 18.6 Å². The van der Waals surface area contributed by atoms with Crippen LogP contribution in [0.5, 0.6) is 0 Å². The Morgan fingerprint density at radius 2 is 1.88 bits per heavy atom. The number of piperidine rings is 1. The molecule has 0 saturated carbocycles. The molecular weight excluding hydrogens is 208 g/mol. The highest BCUT2D eigenvalue weighted by Crippen LogP contribution is 2.24. The summed E-state index contributed by atoms with van der Waals surface area (Å²) >= 11 is 0. The first-order chi connectivity index (χ1) is 8.00. The Kier molecular flexibility index (Phi) is 6.50. The Bertz CT molecular complexity index is 203. The van der Waals surface area contributed by atoms with Crippen molar-refractivity contribution in [1.29, 1.82) is 0 Å². The van der Waals surface area contributed by atoms with Crippen LogP contribution < -0.4 is 5.32 Å². The average Bonchev–Trinajstić information content (AvgIpc) is 2.27. The number of nitrogens with zero attached hydrogens (tertiary/aromatic N) is 1. The van der Waals surface area contributed by atoms with Crippen molar-refractivity contribution in [2.45, 2.75) is 66.0 Å². The summed E-state index contributed by atoms with van der Waals surface area (Å²) in [5.41, 5.74) is 0. The summed E-state index contributed by atoms with van der Waals surface area (Å²) in [6.07, 6.45) is 4.07. The van der Waals surface area contributed by atoms with Gasteiger partial charge in [-0.1, -0.05) is 20.8 Å². The SMILES string of the molecule is CC(C)CNCCC(C)N1CC(C)CCC1C. The maximum Gasteiger partial charge on any atom is 0.00819 e. The summed E-state index contributed by atoms with van der Waals surface area (Å²) in [6, 6.07) is 1.51. The second-order valence-corrected chi connectivity index (χ2v) is 6.46. The molecule has 3 unspecified atom stereocenters. The predicted molar refractivity (Wildman–Crippen MR) is 76.4 cm³/mol. The highest BCUT2D eigenvalue weighted by Gasteiger charge is 2.26. The standard InChI is InChI=1S/C15H32N2/c1-12(2)10-16-9-8-15(5)17-11-13(3)6-7-14(17)4/h12-16H,6-11H2,1-5H3. The second-order valence-electron chi connectivity index (χ2n) is 6.46. The largest absolute Gasteiger partial charge is 0.316 e. The van der Waals surface area contributed by atoms with Crippen molar-refractivity contribution in [2.24, 2.45) is 11.8 Å². The summed E-state index contributed by atoms with van der Waals surface area (Å²) in [5.74, 6) is 1.65. The summed E-state index contributed by atoms with van der Waals surface area (Å²) in [7, 11) is 0. The number of hydrogen-bond acceptors (Lipinski definition) is 2. The third-order valence-electron chi connectivity index (χ3n) is 4.02. The van der Waals surface area contributed by atoms with E-state index in [0.717, 1.165) is 37.0 Å². The van der Waals surface area contributed by atoms with Gasteiger partial charge < -0.3 is 5.32 Å². The molecule has 0 bridgehead atoms. The Hall–Kier alpha value is -0.0800. The van der Waals surface area contributed by atoms with E-state index >= 15 is 0 Å². The van der Waals surface area contributed by atoms with E-state index < -0.39 is 0 Å². The molecule has 102 valence electrons. The summed E-state index contributed by atoms with van der Waals surface area (Å²) < 4.78 is 0. The molecule has 3 atom stereocenters. The molecule has 1 N–H and O–H groups in total. The van der Waals surface area contributed by atoms with E-state index in [4.69, 9.17) is 0 Å². The Labute approximate surface area is 108 Å². The first kappa shape index (κ1) is 15.0. The third kappa shape index (κ3) is 5.39. The Morgan fingerprint density at radius 1 is 1.18 bits per heavy atom. The second kappa shape index (κ2) is 7.38. The lowest BCUT2D eigenvalue weighted by Crippen LogP contribution is -2.47. The van der Waals surface area contributed by atoms with Gasteiger partial charge in [-0.05, 0) is 58.0 Å². The molecule has 0 radical (unpaired) electrons. The van der Waals surface area contributed by atoms with Gasteiger partial charge in [0.2, 0.25) is 0 Å². The van der Waals surface area contributed by atoms with Gasteiger partial charge in [0.1, 0.15) is 0 Å². The number of nitrogens with one attached hydrogen (secondary N) is 1. The van der Waals surface area contributed by atoms with Gasteiger partial charge >= 0.3 is 0 Å². The number of hydrogen-bond donors (Lipinski definition) is 1. The topological polar surface area (TPSA) is 15.3 Å². The number of rotatable bonds is 6. The molecule has 0 spiro atoms. The van der Waals surface area contributed by atoms with Gasteiger partial charge in [0.15, 0.2) is 0 Å². The van der Waals surface area contributed by atoms with Crippen molar-refractivity contribution in [1.82, 2.24) is 10.2 Å². The van der Waals surface area contributed by atoms with E-state index in [2.05, 4.69) is 44.8 Å². The van der Waals surface area contributed by atoms with Crippen molar-refractivity contribution in [3.05, 3.63) is 0 Å². The lowest BCUT2D eigenvalue weighted by molar-refractivity contribution is 0.0805. The minimum atomic E-state index is 0.729. The normalized spacial score (nSPS) is 28.6. The Morgan fingerprint density at radius 3 is 2.53 bits per heavy atom. The van der Waals surface area contributed by atoms with Crippen LogP contribution in [-0.2, 0) is 0 Å². The van der Waals surface area contributed by atoms with Crippen molar-refractivity contribution in [3.8, 4) is 0 Å².